The normalized spacial score (nSPS) is 14.7. The van der Waals surface area contributed by atoms with Crippen LogP contribution in [0.4, 0.5) is 4.39 Å². The van der Waals surface area contributed by atoms with Crippen LogP contribution in [0.25, 0.3) is 11.3 Å². The molecule has 5 nitrogen and oxygen atoms in total. The van der Waals surface area contributed by atoms with E-state index >= 15 is 0 Å². The molecule has 1 fully saturated rings. The van der Waals surface area contributed by atoms with Crippen LogP contribution >= 0.6 is 0 Å². The van der Waals surface area contributed by atoms with Gasteiger partial charge in [0.15, 0.2) is 0 Å². The molecule has 1 aliphatic rings. The number of rotatable bonds is 4. The molecule has 1 saturated heterocycles. The van der Waals surface area contributed by atoms with Crippen molar-refractivity contribution in [2.45, 2.75) is 32.2 Å². The smallest absolute Gasteiger partial charge is 0.267 e. The molecule has 0 atom stereocenters. The lowest BCUT2D eigenvalue weighted by Gasteiger charge is -2.32. The molecule has 0 radical (unpaired) electrons. The second-order valence-corrected chi connectivity index (χ2v) is 7.70. The molecule has 0 N–H and O–H groups in total. The molecule has 0 bridgehead atoms. The number of hydrogen-bond donors (Lipinski definition) is 0. The van der Waals surface area contributed by atoms with Crippen LogP contribution < -0.4 is 5.56 Å². The Morgan fingerprint density at radius 3 is 2.43 bits per heavy atom. The number of aryl methyl sites for hydroxylation is 1. The predicted octanol–water partition coefficient (Wildman–Crippen LogP) is 3.76. The molecule has 0 unspecified atom stereocenters. The Balaban J connectivity index is 1.47. The topological polar surface area (TPSA) is 55.2 Å². The van der Waals surface area contributed by atoms with E-state index in [1.54, 1.807) is 33.8 Å². The molecule has 30 heavy (non-hydrogen) atoms. The van der Waals surface area contributed by atoms with Crippen molar-refractivity contribution < 1.29 is 9.18 Å². The van der Waals surface area contributed by atoms with E-state index < -0.39 is 0 Å². The van der Waals surface area contributed by atoms with Gasteiger partial charge in [-0.05, 0) is 37.0 Å². The van der Waals surface area contributed by atoms with Crippen LogP contribution in [0.1, 0.15) is 30.0 Å². The van der Waals surface area contributed by atoms with Crippen LogP contribution in [-0.4, -0.2) is 33.7 Å². The summed E-state index contributed by atoms with van der Waals surface area (Å²) in [4.78, 5) is 26.9. The average Bonchev–Trinajstić information content (AvgIpc) is 2.76. The van der Waals surface area contributed by atoms with Gasteiger partial charge in [0, 0.05) is 24.7 Å². The minimum absolute atomic E-state index is 0.0538. The Morgan fingerprint density at radius 1 is 1.07 bits per heavy atom. The molecule has 0 saturated carbocycles. The summed E-state index contributed by atoms with van der Waals surface area (Å²) in [5, 5.41) is 4.67. The monoisotopic (exact) mass is 405 g/mol. The van der Waals surface area contributed by atoms with E-state index in [1.165, 1.54) is 6.07 Å². The highest BCUT2D eigenvalue weighted by molar-refractivity contribution is 5.78. The molecule has 4 rings (SSSR count). The first-order valence-corrected chi connectivity index (χ1v) is 10.2. The molecule has 0 aliphatic carbocycles. The van der Waals surface area contributed by atoms with Gasteiger partial charge in [-0.25, -0.2) is 9.07 Å². The van der Waals surface area contributed by atoms with Gasteiger partial charge in [0.25, 0.3) is 5.56 Å². The Kier molecular flexibility index (Phi) is 5.74. The second-order valence-electron chi connectivity index (χ2n) is 7.70. The first-order valence-electron chi connectivity index (χ1n) is 10.2. The minimum atomic E-state index is -0.357. The SMILES string of the molecule is Cc1cc(=O)n(C2CCN(C(=O)Cc3ccccc3F)CC2)nc1-c1ccccc1. The molecular weight excluding hydrogens is 381 g/mol. The highest BCUT2D eigenvalue weighted by Crippen LogP contribution is 2.24. The maximum atomic E-state index is 13.8. The molecule has 2 heterocycles. The number of piperidine rings is 1. The van der Waals surface area contributed by atoms with Crippen LogP contribution in [0.2, 0.25) is 0 Å². The maximum absolute atomic E-state index is 13.8. The molecule has 1 amide bonds. The number of aromatic nitrogens is 2. The summed E-state index contributed by atoms with van der Waals surface area (Å²) >= 11 is 0. The van der Waals surface area contributed by atoms with Gasteiger partial charge in [-0.1, -0.05) is 48.5 Å². The fourth-order valence-electron chi connectivity index (χ4n) is 3.97. The largest absolute Gasteiger partial charge is 0.342 e. The maximum Gasteiger partial charge on any atom is 0.267 e. The van der Waals surface area contributed by atoms with E-state index in [1.807, 2.05) is 37.3 Å². The van der Waals surface area contributed by atoms with Gasteiger partial charge in [0.1, 0.15) is 5.82 Å². The van der Waals surface area contributed by atoms with Crippen molar-refractivity contribution in [3.05, 3.63) is 88.0 Å². The zero-order chi connectivity index (χ0) is 21.1. The predicted molar refractivity (Wildman–Crippen MR) is 114 cm³/mol. The molecular formula is C24H24FN3O2. The van der Waals surface area contributed by atoms with E-state index in [-0.39, 0.29) is 29.7 Å². The van der Waals surface area contributed by atoms with E-state index in [2.05, 4.69) is 5.10 Å². The van der Waals surface area contributed by atoms with Crippen molar-refractivity contribution in [3.8, 4) is 11.3 Å². The van der Waals surface area contributed by atoms with E-state index in [0.717, 1.165) is 16.8 Å². The third-order valence-electron chi connectivity index (χ3n) is 5.66. The number of carbonyl (C=O) groups is 1. The van der Waals surface area contributed by atoms with Gasteiger partial charge in [0.05, 0.1) is 18.2 Å². The third kappa shape index (κ3) is 4.17. The highest BCUT2D eigenvalue weighted by Gasteiger charge is 2.26. The summed E-state index contributed by atoms with van der Waals surface area (Å²) in [6, 6.07) is 17.7. The van der Waals surface area contributed by atoms with Crippen LogP contribution in [0, 0.1) is 12.7 Å². The summed E-state index contributed by atoms with van der Waals surface area (Å²) in [5.41, 5.74) is 2.91. The van der Waals surface area contributed by atoms with E-state index in [9.17, 15) is 14.0 Å². The standard InChI is InChI=1S/C24H24FN3O2/c1-17-15-23(30)28(26-24(17)18-7-3-2-4-8-18)20-11-13-27(14-12-20)22(29)16-19-9-5-6-10-21(19)25/h2-10,15,20H,11-14,16H2,1H3. The number of hydrogen-bond acceptors (Lipinski definition) is 3. The van der Waals surface area contributed by atoms with Crippen molar-refractivity contribution in [2.24, 2.45) is 0 Å². The lowest BCUT2D eigenvalue weighted by atomic mass is 10.0. The van der Waals surface area contributed by atoms with Gasteiger partial charge in [0.2, 0.25) is 5.91 Å². The lowest BCUT2D eigenvalue weighted by Crippen LogP contribution is -2.42. The van der Waals surface area contributed by atoms with Crippen LogP contribution in [-0.2, 0) is 11.2 Å². The number of carbonyl (C=O) groups excluding carboxylic acids is 1. The van der Waals surface area contributed by atoms with Crippen molar-refractivity contribution in [1.29, 1.82) is 0 Å². The average molecular weight is 405 g/mol. The van der Waals surface area contributed by atoms with Gasteiger partial charge in [-0.15, -0.1) is 0 Å². The molecule has 154 valence electrons. The molecule has 0 spiro atoms. The summed E-state index contributed by atoms with van der Waals surface area (Å²) < 4.78 is 15.4. The second kappa shape index (κ2) is 8.61. The van der Waals surface area contributed by atoms with Crippen molar-refractivity contribution in [3.63, 3.8) is 0 Å². The summed E-state index contributed by atoms with van der Waals surface area (Å²) in [6.45, 7) is 2.95. The van der Waals surface area contributed by atoms with E-state index in [0.29, 0.717) is 31.5 Å². The molecule has 1 aromatic heterocycles. The van der Waals surface area contributed by atoms with Gasteiger partial charge < -0.3 is 4.90 Å². The number of likely N-dealkylation sites (tertiary alicyclic amines) is 1. The van der Waals surface area contributed by atoms with E-state index in [4.69, 9.17) is 0 Å². The van der Waals surface area contributed by atoms with Crippen molar-refractivity contribution >= 4 is 5.91 Å². The number of halogens is 1. The van der Waals surface area contributed by atoms with Gasteiger partial charge >= 0.3 is 0 Å². The fourth-order valence-corrected chi connectivity index (χ4v) is 3.97. The Bertz CT molecular complexity index is 1100. The number of nitrogens with zero attached hydrogens (tertiary/aromatic N) is 3. The van der Waals surface area contributed by atoms with Crippen molar-refractivity contribution in [1.82, 2.24) is 14.7 Å². The molecule has 2 aromatic carbocycles. The Labute approximate surface area is 174 Å². The zero-order valence-corrected chi connectivity index (χ0v) is 16.9. The zero-order valence-electron chi connectivity index (χ0n) is 16.9. The Morgan fingerprint density at radius 2 is 1.73 bits per heavy atom. The number of amides is 1. The highest BCUT2D eigenvalue weighted by atomic mass is 19.1. The fraction of sp³-hybridized carbons (Fsp3) is 0.292. The van der Waals surface area contributed by atoms with Crippen LogP contribution in [0.15, 0.2) is 65.5 Å². The first kappa shape index (κ1) is 20.0. The van der Waals surface area contributed by atoms with Gasteiger partial charge in [-0.2, -0.15) is 5.10 Å². The van der Waals surface area contributed by atoms with Gasteiger partial charge in [-0.3, -0.25) is 9.59 Å². The molecule has 6 heteroatoms. The lowest BCUT2D eigenvalue weighted by molar-refractivity contribution is -0.131. The summed E-state index contributed by atoms with van der Waals surface area (Å²) in [7, 11) is 0. The minimum Gasteiger partial charge on any atom is -0.342 e. The number of benzene rings is 2. The third-order valence-corrected chi connectivity index (χ3v) is 5.66. The van der Waals surface area contributed by atoms with Crippen LogP contribution in [0.5, 0.6) is 0 Å². The van der Waals surface area contributed by atoms with Crippen LogP contribution in [0.3, 0.4) is 0 Å². The van der Waals surface area contributed by atoms with Crippen molar-refractivity contribution in [2.75, 3.05) is 13.1 Å². The first-order chi connectivity index (χ1) is 14.5. The Hall–Kier alpha value is -3.28. The molecule has 1 aliphatic heterocycles. The molecule has 3 aromatic rings. The summed E-state index contributed by atoms with van der Waals surface area (Å²) in [5.74, 6) is -0.447. The summed E-state index contributed by atoms with van der Waals surface area (Å²) in [6.07, 6.45) is 1.35. The quantitative estimate of drug-likeness (QED) is 0.664.